The lowest BCUT2D eigenvalue weighted by Gasteiger charge is -2.28. The van der Waals surface area contributed by atoms with Gasteiger partial charge in [-0.25, -0.2) is 0 Å². The van der Waals surface area contributed by atoms with Crippen LogP contribution in [-0.2, 0) is 20.8 Å². The van der Waals surface area contributed by atoms with Crippen molar-refractivity contribution in [3.63, 3.8) is 0 Å². The molecule has 10 nitrogen and oxygen atoms in total. The van der Waals surface area contributed by atoms with Gasteiger partial charge in [-0.1, -0.05) is 23.7 Å². The predicted octanol–water partition coefficient (Wildman–Crippen LogP) is 1.36. The number of hydrogen-bond acceptors (Lipinski definition) is 6. The van der Waals surface area contributed by atoms with Gasteiger partial charge in [0.25, 0.3) is 17.5 Å². The molecule has 1 heterocycles. The fourth-order valence-electron chi connectivity index (χ4n) is 2.63. The lowest BCUT2D eigenvalue weighted by Crippen LogP contribution is -2.50. The highest BCUT2D eigenvalue weighted by Crippen LogP contribution is 2.35. The summed E-state index contributed by atoms with van der Waals surface area (Å²) >= 11 is 5.78. The Labute approximate surface area is 169 Å². The van der Waals surface area contributed by atoms with E-state index in [1.807, 2.05) is 0 Å². The summed E-state index contributed by atoms with van der Waals surface area (Å²) in [6, 6.07) is 10.4. The zero-order valence-corrected chi connectivity index (χ0v) is 15.6. The van der Waals surface area contributed by atoms with E-state index in [1.165, 1.54) is 12.1 Å². The van der Waals surface area contributed by atoms with E-state index in [0.29, 0.717) is 10.6 Å². The van der Waals surface area contributed by atoms with E-state index in [0.717, 1.165) is 11.0 Å². The topological polar surface area (TPSA) is 131 Å². The molecule has 0 fully saturated rings. The number of halogens is 1. The van der Waals surface area contributed by atoms with Crippen molar-refractivity contribution in [2.75, 3.05) is 18.1 Å². The van der Waals surface area contributed by atoms with E-state index in [1.54, 1.807) is 24.3 Å². The minimum Gasteiger partial charge on any atom is -0.482 e. The zero-order valence-electron chi connectivity index (χ0n) is 14.9. The first-order valence-corrected chi connectivity index (χ1v) is 8.75. The molecule has 0 spiro atoms. The summed E-state index contributed by atoms with van der Waals surface area (Å²) in [6.07, 6.45) is 0.0168. The molecule has 0 radical (unpaired) electrons. The molecular formula is C18H15ClN4O6. The van der Waals surface area contributed by atoms with E-state index in [2.05, 4.69) is 10.9 Å². The highest BCUT2D eigenvalue weighted by molar-refractivity contribution is 6.30. The number of hydrazine groups is 1. The Hall–Kier alpha value is -3.66. The predicted molar refractivity (Wildman–Crippen MR) is 102 cm³/mol. The SMILES string of the molecule is O=C(Cc1ccc(Cl)cc1)NNC(=O)CN1C(=O)COc2ccc([N+](=O)[O-])cc21. The monoisotopic (exact) mass is 418 g/mol. The largest absolute Gasteiger partial charge is 0.482 e. The van der Waals surface area contributed by atoms with Gasteiger partial charge in [0.2, 0.25) is 5.91 Å². The summed E-state index contributed by atoms with van der Waals surface area (Å²) in [4.78, 5) is 47.7. The van der Waals surface area contributed by atoms with Crippen LogP contribution in [0.5, 0.6) is 5.75 Å². The van der Waals surface area contributed by atoms with Crippen molar-refractivity contribution in [1.82, 2.24) is 10.9 Å². The third-order valence-corrected chi connectivity index (χ3v) is 4.27. The second-order valence-electron chi connectivity index (χ2n) is 6.08. The van der Waals surface area contributed by atoms with Crippen LogP contribution < -0.4 is 20.5 Å². The number of anilines is 1. The summed E-state index contributed by atoms with van der Waals surface area (Å²) in [6.45, 7) is -0.751. The van der Waals surface area contributed by atoms with Crippen molar-refractivity contribution in [3.8, 4) is 5.75 Å². The summed E-state index contributed by atoms with van der Waals surface area (Å²) in [5.41, 5.74) is 5.03. The third-order valence-electron chi connectivity index (χ3n) is 4.02. The Kier molecular flexibility index (Phi) is 5.93. The number of amides is 3. The third kappa shape index (κ3) is 4.99. The van der Waals surface area contributed by atoms with Crippen LogP contribution in [0, 0.1) is 10.1 Å². The van der Waals surface area contributed by atoms with E-state index in [9.17, 15) is 24.5 Å². The molecule has 29 heavy (non-hydrogen) atoms. The highest BCUT2D eigenvalue weighted by atomic mass is 35.5. The maximum Gasteiger partial charge on any atom is 0.271 e. The lowest BCUT2D eigenvalue weighted by atomic mass is 10.1. The normalized spacial score (nSPS) is 12.6. The number of non-ortho nitro benzene ring substituents is 1. The Morgan fingerprint density at radius 1 is 1.14 bits per heavy atom. The summed E-state index contributed by atoms with van der Waals surface area (Å²) in [5.74, 6) is -1.44. The number of fused-ring (bicyclic) bond motifs is 1. The number of carbonyl (C=O) groups excluding carboxylic acids is 3. The van der Waals surface area contributed by atoms with Gasteiger partial charge in [0.1, 0.15) is 12.3 Å². The molecule has 11 heteroatoms. The minimum atomic E-state index is -0.679. The molecule has 2 N–H and O–H groups in total. The van der Waals surface area contributed by atoms with Gasteiger partial charge in [0, 0.05) is 17.2 Å². The van der Waals surface area contributed by atoms with Gasteiger partial charge in [-0.2, -0.15) is 0 Å². The van der Waals surface area contributed by atoms with Gasteiger partial charge in [-0.15, -0.1) is 0 Å². The Morgan fingerprint density at radius 3 is 2.52 bits per heavy atom. The molecule has 0 saturated carbocycles. The number of benzene rings is 2. The van der Waals surface area contributed by atoms with Crippen LogP contribution in [0.4, 0.5) is 11.4 Å². The summed E-state index contributed by atoms with van der Waals surface area (Å²) in [5, 5.41) is 11.5. The van der Waals surface area contributed by atoms with E-state index >= 15 is 0 Å². The van der Waals surface area contributed by atoms with Crippen molar-refractivity contribution >= 4 is 40.7 Å². The quantitative estimate of drug-likeness (QED) is 0.556. The maximum absolute atomic E-state index is 12.2. The summed E-state index contributed by atoms with van der Waals surface area (Å²) in [7, 11) is 0. The number of nitro groups is 1. The lowest BCUT2D eigenvalue weighted by molar-refractivity contribution is -0.384. The molecule has 150 valence electrons. The smallest absolute Gasteiger partial charge is 0.271 e. The van der Waals surface area contributed by atoms with Crippen LogP contribution in [-0.4, -0.2) is 35.8 Å². The van der Waals surface area contributed by atoms with E-state index in [-0.39, 0.29) is 30.2 Å². The number of rotatable bonds is 5. The number of hydrogen-bond donors (Lipinski definition) is 2. The van der Waals surface area contributed by atoms with E-state index in [4.69, 9.17) is 16.3 Å². The zero-order chi connectivity index (χ0) is 21.0. The van der Waals surface area contributed by atoms with Crippen LogP contribution in [0.25, 0.3) is 0 Å². The maximum atomic E-state index is 12.2. The standard InChI is InChI=1S/C18H15ClN4O6/c19-12-3-1-11(2-4-12)7-16(24)20-21-17(25)9-22-14-8-13(23(27)28)5-6-15(14)29-10-18(22)26/h1-6,8H,7,9-10H2,(H,20,24)(H,21,25). The molecule has 2 aromatic rings. The van der Waals surface area contributed by atoms with Gasteiger partial charge in [0.15, 0.2) is 6.61 Å². The number of nitro benzene ring substituents is 1. The van der Waals surface area contributed by atoms with Crippen LogP contribution in [0.2, 0.25) is 5.02 Å². The molecular weight excluding hydrogens is 404 g/mol. The van der Waals surface area contributed by atoms with Gasteiger partial charge in [-0.05, 0) is 23.8 Å². The van der Waals surface area contributed by atoms with Gasteiger partial charge in [0.05, 0.1) is 17.0 Å². The molecule has 0 bridgehead atoms. The molecule has 0 unspecified atom stereocenters. The van der Waals surface area contributed by atoms with Crippen molar-refractivity contribution in [3.05, 3.63) is 63.2 Å². The molecule has 1 aliphatic heterocycles. The average Bonchev–Trinajstić information content (AvgIpc) is 2.70. The number of ether oxygens (including phenoxy) is 1. The molecule has 0 atom stereocenters. The first-order valence-electron chi connectivity index (χ1n) is 8.37. The summed E-state index contributed by atoms with van der Waals surface area (Å²) < 4.78 is 5.23. The van der Waals surface area contributed by atoms with Gasteiger partial charge >= 0.3 is 0 Å². The second-order valence-corrected chi connectivity index (χ2v) is 6.51. The van der Waals surface area contributed by atoms with Crippen molar-refractivity contribution in [2.45, 2.75) is 6.42 Å². The fraction of sp³-hybridized carbons (Fsp3) is 0.167. The minimum absolute atomic E-state index is 0.0168. The molecule has 0 aliphatic carbocycles. The molecule has 1 aliphatic rings. The van der Waals surface area contributed by atoms with Crippen molar-refractivity contribution < 1.29 is 24.0 Å². The van der Waals surface area contributed by atoms with E-state index < -0.39 is 29.2 Å². The second kappa shape index (κ2) is 8.57. The highest BCUT2D eigenvalue weighted by Gasteiger charge is 2.29. The molecule has 2 aromatic carbocycles. The average molecular weight is 419 g/mol. The molecule has 0 aromatic heterocycles. The first kappa shape index (κ1) is 20.1. The Morgan fingerprint density at radius 2 is 1.83 bits per heavy atom. The van der Waals surface area contributed by atoms with Gasteiger partial charge < -0.3 is 4.74 Å². The molecule has 3 amide bonds. The Balaban J connectivity index is 1.61. The number of nitrogens with one attached hydrogen (secondary N) is 2. The van der Waals surface area contributed by atoms with Crippen LogP contribution in [0.1, 0.15) is 5.56 Å². The number of nitrogens with zero attached hydrogens (tertiary/aromatic N) is 2. The molecule has 3 rings (SSSR count). The Bertz CT molecular complexity index is 979. The van der Waals surface area contributed by atoms with Crippen LogP contribution in [0.3, 0.4) is 0 Å². The van der Waals surface area contributed by atoms with Crippen LogP contribution >= 0.6 is 11.6 Å². The van der Waals surface area contributed by atoms with Crippen molar-refractivity contribution in [1.29, 1.82) is 0 Å². The fourth-order valence-corrected chi connectivity index (χ4v) is 2.76. The van der Waals surface area contributed by atoms with Crippen molar-refractivity contribution in [2.24, 2.45) is 0 Å². The first-order chi connectivity index (χ1) is 13.8. The molecule has 0 saturated heterocycles. The van der Waals surface area contributed by atoms with Crippen LogP contribution in [0.15, 0.2) is 42.5 Å². The van der Waals surface area contributed by atoms with Gasteiger partial charge in [-0.3, -0.25) is 40.2 Å². The number of carbonyl (C=O) groups is 3.